The van der Waals surface area contributed by atoms with Crippen LogP contribution in [0.1, 0.15) is 31.5 Å². The van der Waals surface area contributed by atoms with Crippen molar-refractivity contribution in [3.8, 4) is 0 Å². The van der Waals surface area contributed by atoms with E-state index in [9.17, 15) is 0 Å². The highest BCUT2D eigenvalue weighted by atomic mass is 15.3. The number of likely N-dealkylation sites (N-methyl/N-ethyl adjacent to an activating group) is 1. The molecule has 0 amide bonds. The van der Waals surface area contributed by atoms with Gasteiger partial charge in [-0.1, -0.05) is 6.92 Å². The monoisotopic (exact) mass is 245 g/mol. The van der Waals surface area contributed by atoms with Crippen LogP contribution >= 0.6 is 0 Å². The third-order valence-electron chi connectivity index (χ3n) is 3.69. The molecule has 3 rings (SSSR count). The Bertz CT molecular complexity index is 547. The van der Waals surface area contributed by atoms with E-state index in [-0.39, 0.29) is 0 Å². The van der Waals surface area contributed by atoms with Crippen LogP contribution in [-0.2, 0) is 0 Å². The first-order valence-corrected chi connectivity index (χ1v) is 6.60. The number of piperidine rings is 1. The van der Waals surface area contributed by atoms with E-state index in [1.165, 1.54) is 19.4 Å². The molecule has 18 heavy (non-hydrogen) atoms. The van der Waals surface area contributed by atoms with Gasteiger partial charge in [-0.3, -0.25) is 0 Å². The quantitative estimate of drug-likeness (QED) is 0.871. The lowest BCUT2D eigenvalue weighted by Crippen LogP contribution is -2.34. The first-order chi connectivity index (χ1) is 8.76. The Morgan fingerprint density at radius 1 is 1.44 bits per heavy atom. The number of hydrogen-bond acceptors (Lipinski definition) is 4. The summed E-state index contributed by atoms with van der Waals surface area (Å²) in [7, 11) is 0. The standard InChI is InChI=1S/C13H19N5/c1-2-17-7-3-4-10(8-17)13-15-12-6-5-11(14)9-18(12)16-13/h5-6,9-10H,2-4,7-8,14H2,1H3. The molecule has 1 saturated heterocycles. The minimum Gasteiger partial charge on any atom is -0.397 e. The van der Waals surface area contributed by atoms with Gasteiger partial charge in [0.1, 0.15) is 0 Å². The van der Waals surface area contributed by atoms with Crippen LogP contribution < -0.4 is 5.73 Å². The van der Waals surface area contributed by atoms with E-state index in [1.54, 1.807) is 4.52 Å². The van der Waals surface area contributed by atoms with Gasteiger partial charge in [-0.25, -0.2) is 9.50 Å². The van der Waals surface area contributed by atoms with Gasteiger partial charge >= 0.3 is 0 Å². The van der Waals surface area contributed by atoms with Crippen molar-refractivity contribution in [2.45, 2.75) is 25.7 Å². The second-order valence-electron chi connectivity index (χ2n) is 4.97. The molecule has 1 atom stereocenters. The number of nitrogen functional groups attached to an aromatic ring is 1. The van der Waals surface area contributed by atoms with Crippen molar-refractivity contribution in [3.63, 3.8) is 0 Å². The van der Waals surface area contributed by atoms with Crippen LogP contribution in [0.5, 0.6) is 0 Å². The lowest BCUT2D eigenvalue weighted by molar-refractivity contribution is 0.214. The van der Waals surface area contributed by atoms with Gasteiger partial charge in [0.05, 0.1) is 11.9 Å². The summed E-state index contributed by atoms with van der Waals surface area (Å²) in [6.45, 7) is 5.59. The Morgan fingerprint density at radius 3 is 3.17 bits per heavy atom. The zero-order valence-electron chi connectivity index (χ0n) is 10.7. The van der Waals surface area contributed by atoms with Crippen LogP contribution in [0.4, 0.5) is 5.69 Å². The van der Waals surface area contributed by atoms with Crippen LogP contribution in [0.3, 0.4) is 0 Å². The van der Waals surface area contributed by atoms with Crippen molar-refractivity contribution >= 4 is 11.3 Å². The van der Waals surface area contributed by atoms with Gasteiger partial charge < -0.3 is 10.6 Å². The van der Waals surface area contributed by atoms with Gasteiger partial charge in [0.2, 0.25) is 0 Å². The maximum absolute atomic E-state index is 5.76. The molecule has 1 aliphatic heterocycles. The molecule has 1 unspecified atom stereocenters. The zero-order chi connectivity index (χ0) is 12.5. The van der Waals surface area contributed by atoms with E-state index >= 15 is 0 Å². The molecule has 2 aromatic rings. The number of hydrogen-bond donors (Lipinski definition) is 1. The lowest BCUT2D eigenvalue weighted by atomic mass is 9.97. The normalized spacial score (nSPS) is 21.5. The van der Waals surface area contributed by atoms with Crippen molar-refractivity contribution in [1.29, 1.82) is 0 Å². The summed E-state index contributed by atoms with van der Waals surface area (Å²) in [5.41, 5.74) is 7.36. The van der Waals surface area contributed by atoms with Crippen LogP contribution in [0.15, 0.2) is 18.3 Å². The van der Waals surface area contributed by atoms with Crippen LogP contribution in [-0.4, -0.2) is 39.1 Å². The molecule has 5 nitrogen and oxygen atoms in total. The number of anilines is 1. The molecular formula is C13H19N5. The Balaban J connectivity index is 1.89. The summed E-state index contributed by atoms with van der Waals surface area (Å²) in [6.07, 6.45) is 4.24. The third-order valence-corrected chi connectivity index (χ3v) is 3.69. The Hall–Kier alpha value is -1.62. The number of pyridine rings is 1. The topological polar surface area (TPSA) is 59.5 Å². The maximum Gasteiger partial charge on any atom is 0.156 e. The molecule has 2 aromatic heterocycles. The third kappa shape index (κ3) is 2.06. The fraction of sp³-hybridized carbons (Fsp3) is 0.538. The van der Waals surface area contributed by atoms with E-state index in [0.29, 0.717) is 5.92 Å². The molecule has 3 heterocycles. The molecule has 96 valence electrons. The Kier molecular flexibility index (Phi) is 2.91. The first kappa shape index (κ1) is 11.5. The average molecular weight is 245 g/mol. The molecular weight excluding hydrogens is 226 g/mol. The average Bonchev–Trinajstić information content (AvgIpc) is 2.81. The molecule has 2 N–H and O–H groups in total. The number of nitrogens with two attached hydrogens (primary N) is 1. The number of aromatic nitrogens is 3. The van der Waals surface area contributed by atoms with E-state index in [4.69, 9.17) is 5.73 Å². The SMILES string of the molecule is CCN1CCCC(c2nc3ccc(N)cn3n2)C1. The molecule has 0 aliphatic carbocycles. The fourth-order valence-electron chi connectivity index (χ4n) is 2.64. The second-order valence-corrected chi connectivity index (χ2v) is 4.97. The minimum absolute atomic E-state index is 0.458. The Labute approximate surface area is 107 Å². The van der Waals surface area contributed by atoms with Crippen molar-refractivity contribution in [2.24, 2.45) is 0 Å². The molecule has 0 bridgehead atoms. The summed E-state index contributed by atoms with van der Waals surface area (Å²) in [4.78, 5) is 7.08. The van der Waals surface area contributed by atoms with Gasteiger partial charge in [-0.2, -0.15) is 5.10 Å². The maximum atomic E-state index is 5.76. The van der Waals surface area contributed by atoms with Crippen LogP contribution in [0.2, 0.25) is 0 Å². The predicted molar refractivity (Wildman–Crippen MR) is 71.5 cm³/mol. The van der Waals surface area contributed by atoms with Crippen LogP contribution in [0.25, 0.3) is 5.65 Å². The molecule has 1 aliphatic rings. The molecule has 0 radical (unpaired) electrons. The second kappa shape index (κ2) is 4.57. The van der Waals surface area contributed by atoms with Crippen molar-refractivity contribution in [2.75, 3.05) is 25.4 Å². The first-order valence-electron chi connectivity index (χ1n) is 6.60. The zero-order valence-corrected chi connectivity index (χ0v) is 10.7. The number of rotatable bonds is 2. The van der Waals surface area contributed by atoms with Crippen molar-refractivity contribution in [1.82, 2.24) is 19.5 Å². The van der Waals surface area contributed by atoms with E-state index in [2.05, 4.69) is 21.9 Å². The van der Waals surface area contributed by atoms with Crippen LogP contribution in [0, 0.1) is 0 Å². The molecule has 0 aromatic carbocycles. The highest BCUT2D eigenvalue weighted by Gasteiger charge is 2.23. The van der Waals surface area contributed by atoms with Gasteiger partial charge in [0, 0.05) is 12.5 Å². The van der Waals surface area contributed by atoms with E-state index in [0.717, 1.165) is 30.2 Å². The van der Waals surface area contributed by atoms with Gasteiger partial charge in [0.15, 0.2) is 11.5 Å². The van der Waals surface area contributed by atoms with Gasteiger partial charge in [0.25, 0.3) is 0 Å². The smallest absolute Gasteiger partial charge is 0.156 e. The predicted octanol–water partition coefficient (Wildman–Crippen LogP) is 1.51. The Morgan fingerprint density at radius 2 is 2.33 bits per heavy atom. The summed E-state index contributed by atoms with van der Waals surface area (Å²) >= 11 is 0. The van der Waals surface area contributed by atoms with Gasteiger partial charge in [-0.15, -0.1) is 0 Å². The summed E-state index contributed by atoms with van der Waals surface area (Å²) in [5.74, 6) is 1.42. The highest BCUT2D eigenvalue weighted by Crippen LogP contribution is 2.24. The highest BCUT2D eigenvalue weighted by molar-refractivity contribution is 5.46. The molecule has 1 fully saturated rings. The van der Waals surface area contributed by atoms with Gasteiger partial charge in [-0.05, 0) is 38.1 Å². The summed E-state index contributed by atoms with van der Waals surface area (Å²) in [6, 6.07) is 3.79. The summed E-state index contributed by atoms with van der Waals surface area (Å²) < 4.78 is 1.79. The fourth-order valence-corrected chi connectivity index (χ4v) is 2.64. The minimum atomic E-state index is 0.458. The molecule has 0 spiro atoms. The molecule has 5 heteroatoms. The molecule has 0 saturated carbocycles. The largest absolute Gasteiger partial charge is 0.397 e. The number of fused-ring (bicyclic) bond motifs is 1. The number of nitrogens with zero attached hydrogens (tertiary/aromatic N) is 4. The lowest BCUT2D eigenvalue weighted by Gasteiger charge is -2.30. The van der Waals surface area contributed by atoms with E-state index in [1.807, 2.05) is 18.3 Å². The summed E-state index contributed by atoms with van der Waals surface area (Å²) in [5, 5.41) is 4.56. The van der Waals surface area contributed by atoms with Crippen molar-refractivity contribution < 1.29 is 0 Å². The van der Waals surface area contributed by atoms with Crippen molar-refractivity contribution in [3.05, 3.63) is 24.2 Å². The van der Waals surface area contributed by atoms with E-state index < -0.39 is 0 Å². The number of likely N-dealkylation sites (tertiary alicyclic amines) is 1.